The summed E-state index contributed by atoms with van der Waals surface area (Å²) in [4.78, 5) is 38.7. The lowest BCUT2D eigenvalue weighted by atomic mass is 9.87. The second-order valence-electron chi connectivity index (χ2n) is 5.88. The lowest BCUT2D eigenvalue weighted by Crippen LogP contribution is -2.43. The number of hydrogen-bond acceptors (Lipinski definition) is 3. The molecule has 2 aromatic carbocycles. The molecule has 1 unspecified atom stereocenters. The monoisotopic (exact) mass is 356 g/mol. The molecule has 5 nitrogen and oxygen atoms in total. The number of nitrogens with one attached hydrogen (secondary N) is 1. The molecule has 128 valence electrons. The van der Waals surface area contributed by atoms with Crippen LogP contribution in [0.15, 0.2) is 54.6 Å². The molecule has 3 rings (SSSR count). The van der Waals surface area contributed by atoms with Crippen LogP contribution in [-0.4, -0.2) is 29.2 Å². The number of imide groups is 1. The van der Waals surface area contributed by atoms with Crippen molar-refractivity contribution in [2.75, 3.05) is 6.54 Å². The molecule has 1 aliphatic heterocycles. The van der Waals surface area contributed by atoms with Gasteiger partial charge < -0.3 is 5.32 Å². The number of Topliss-reactive ketones (excluding diaryl/α,β-unsaturated/α-hetero) is 1. The Morgan fingerprint density at radius 3 is 2.32 bits per heavy atom. The van der Waals surface area contributed by atoms with E-state index in [1.54, 1.807) is 36.4 Å². The highest BCUT2D eigenvalue weighted by Crippen LogP contribution is 2.32. The Kier molecular flexibility index (Phi) is 4.59. The van der Waals surface area contributed by atoms with Gasteiger partial charge in [0, 0.05) is 10.6 Å². The number of rotatable bonds is 5. The average Bonchev–Trinajstić information content (AvgIpc) is 2.88. The smallest absolute Gasteiger partial charge is 0.319 e. The van der Waals surface area contributed by atoms with Crippen molar-refractivity contribution in [3.63, 3.8) is 0 Å². The van der Waals surface area contributed by atoms with Crippen LogP contribution in [0, 0.1) is 0 Å². The standard InChI is InChI=1S/C19H17ClN2O3/c1-2-19(14-6-4-3-5-7-14)17(24)22(18(25)21-19)12-16(23)13-8-10-15(20)11-9-13/h3-11H,2,12H2,1H3,(H,21,25). The minimum absolute atomic E-state index is 0.305. The van der Waals surface area contributed by atoms with Crippen LogP contribution in [0.5, 0.6) is 0 Å². The maximum absolute atomic E-state index is 13.0. The van der Waals surface area contributed by atoms with Gasteiger partial charge in [-0.1, -0.05) is 48.9 Å². The molecule has 25 heavy (non-hydrogen) atoms. The minimum atomic E-state index is -1.13. The fourth-order valence-electron chi connectivity index (χ4n) is 3.00. The highest BCUT2D eigenvalue weighted by atomic mass is 35.5. The molecule has 1 heterocycles. The van der Waals surface area contributed by atoms with E-state index in [9.17, 15) is 14.4 Å². The van der Waals surface area contributed by atoms with Gasteiger partial charge in [0.1, 0.15) is 5.54 Å². The number of halogens is 1. The zero-order valence-electron chi connectivity index (χ0n) is 13.7. The number of amides is 3. The summed E-state index contributed by atoms with van der Waals surface area (Å²) in [7, 11) is 0. The van der Waals surface area contributed by atoms with Crippen LogP contribution in [0.3, 0.4) is 0 Å². The maximum Gasteiger partial charge on any atom is 0.325 e. The molecule has 1 N–H and O–H groups in total. The van der Waals surface area contributed by atoms with E-state index >= 15 is 0 Å². The third-order valence-corrected chi connectivity index (χ3v) is 4.69. The van der Waals surface area contributed by atoms with Crippen LogP contribution in [0.4, 0.5) is 4.79 Å². The van der Waals surface area contributed by atoms with E-state index in [1.165, 1.54) is 0 Å². The average molecular weight is 357 g/mol. The molecule has 0 saturated carbocycles. The van der Waals surface area contributed by atoms with Gasteiger partial charge in [0.05, 0.1) is 6.54 Å². The van der Waals surface area contributed by atoms with Crippen molar-refractivity contribution >= 4 is 29.3 Å². The summed E-state index contributed by atoms with van der Waals surface area (Å²) < 4.78 is 0. The van der Waals surface area contributed by atoms with Crippen LogP contribution < -0.4 is 5.32 Å². The van der Waals surface area contributed by atoms with E-state index in [4.69, 9.17) is 11.6 Å². The molecular weight excluding hydrogens is 340 g/mol. The molecule has 0 aliphatic carbocycles. The molecule has 0 spiro atoms. The Morgan fingerprint density at radius 2 is 1.72 bits per heavy atom. The molecule has 1 aliphatic rings. The Labute approximate surface area is 150 Å². The lowest BCUT2D eigenvalue weighted by molar-refractivity contribution is -0.131. The summed E-state index contributed by atoms with van der Waals surface area (Å²) in [5.41, 5.74) is -0.0190. The molecule has 3 amide bonds. The maximum atomic E-state index is 13.0. The largest absolute Gasteiger partial charge is 0.325 e. The van der Waals surface area contributed by atoms with Crippen LogP contribution >= 0.6 is 11.6 Å². The van der Waals surface area contributed by atoms with E-state index in [1.807, 2.05) is 25.1 Å². The van der Waals surface area contributed by atoms with E-state index in [2.05, 4.69) is 5.32 Å². The van der Waals surface area contributed by atoms with Gasteiger partial charge in [-0.15, -0.1) is 0 Å². The highest BCUT2D eigenvalue weighted by Gasteiger charge is 2.51. The molecule has 1 fully saturated rings. The van der Waals surface area contributed by atoms with Gasteiger partial charge in [-0.3, -0.25) is 14.5 Å². The fraction of sp³-hybridized carbons (Fsp3) is 0.211. The van der Waals surface area contributed by atoms with E-state index in [0.29, 0.717) is 22.6 Å². The Balaban J connectivity index is 1.86. The number of carbonyl (C=O) groups excluding carboxylic acids is 3. The first-order valence-electron chi connectivity index (χ1n) is 7.96. The predicted molar refractivity (Wildman–Crippen MR) is 94.4 cm³/mol. The summed E-state index contributed by atoms with van der Waals surface area (Å²) >= 11 is 5.82. The summed E-state index contributed by atoms with van der Waals surface area (Å²) in [5.74, 6) is -0.728. The van der Waals surface area contributed by atoms with Crippen LogP contribution in [-0.2, 0) is 10.3 Å². The number of urea groups is 1. The molecule has 6 heteroatoms. The minimum Gasteiger partial charge on any atom is -0.319 e. The first-order chi connectivity index (χ1) is 12.0. The van der Waals surface area contributed by atoms with Crippen LogP contribution in [0.25, 0.3) is 0 Å². The fourth-order valence-corrected chi connectivity index (χ4v) is 3.13. The number of benzene rings is 2. The van der Waals surface area contributed by atoms with E-state index in [0.717, 1.165) is 4.90 Å². The van der Waals surface area contributed by atoms with Gasteiger partial charge in [-0.25, -0.2) is 4.79 Å². The van der Waals surface area contributed by atoms with Crippen LogP contribution in [0.1, 0.15) is 29.3 Å². The van der Waals surface area contributed by atoms with Gasteiger partial charge in [0.25, 0.3) is 5.91 Å². The number of ketones is 1. The number of hydrogen-bond donors (Lipinski definition) is 1. The lowest BCUT2D eigenvalue weighted by Gasteiger charge is -2.25. The van der Waals surface area contributed by atoms with Crippen molar-refractivity contribution in [1.82, 2.24) is 10.2 Å². The van der Waals surface area contributed by atoms with Crippen molar-refractivity contribution in [3.05, 3.63) is 70.7 Å². The predicted octanol–water partition coefficient (Wildman–Crippen LogP) is 3.38. The molecule has 2 aromatic rings. The molecule has 1 atom stereocenters. The van der Waals surface area contributed by atoms with Crippen molar-refractivity contribution in [2.24, 2.45) is 0 Å². The summed E-state index contributed by atoms with van der Waals surface area (Å²) in [6.45, 7) is 1.52. The topological polar surface area (TPSA) is 66.5 Å². The third kappa shape index (κ3) is 3.03. The highest BCUT2D eigenvalue weighted by molar-refractivity contribution is 6.30. The summed E-state index contributed by atoms with van der Waals surface area (Å²) in [6, 6.07) is 14.9. The molecular formula is C19H17ClN2O3. The van der Waals surface area contributed by atoms with Crippen LogP contribution in [0.2, 0.25) is 5.02 Å². The third-order valence-electron chi connectivity index (χ3n) is 4.44. The van der Waals surface area contributed by atoms with Gasteiger partial charge >= 0.3 is 6.03 Å². The van der Waals surface area contributed by atoms with E-state index < -0.39 is 17.5 Å². The second-order valence-corrected chi connectivity index (χ2v) is 6.31. The quantitative estimate of drug-likeness (QED) is 0.659. The zero-order chi connectivity index (χ0) is 18.0. The molecule has 0 bridgehead atoms. The summed E-state index contributed by atoms with van der Waals surface area (Å²) in [5, 5.41) is 3.28. The van der Waals surface area contributed by atoms with Gasteiger partial charge in [-0.2, -0.15) is 0 Å². The SMILES string of the molecule is CCC1(c2ccccc2)NC(=O)N(CC(=O)c2ccc(Cl)cc2)C1=O. The first-order valence-corrected chi connectivity index (χ1v) is 8.34. The normalized spacial score (nSPS) is 19.8. The van der Waals surface area contributed by atoms with Crippen molar-refractivity contribution in [2.45, 2.75) is 18.9 Å². The Bertz CT molecular complexity index is 820. The second kappa shape index (κ2) is 6.69. The Morgan fingerprint density at radius 1 is 1.08 bits per heavy atom. The Hall–Kier alpha value is -2.66. The van der Waals surface area contributed by atoms with E-state index in [-0.39, 0.29) is 12.3 Å². The first kappa shape index (κ1) is 17.2. The zero-order valence-corrected chi connectivity index (χ0v) is 14.4. The van der Waals surface area contributed by atoms with Gasteiger partial charge in [-0.05, 0) is 36.2 Å². The number of carbonyl (C=O) groups is 3. The summed E-state index contributed by atoms with van der Waals surface area (Å²) in [6.07, 6.45) is 0.396. The van der Waals surface area contributed by atoms with Gasteiger partial charge in [0.2, 0.25) is 0 Å². The molecule has 0 radical (unpaired) electrons. The molecule has 1 saturated heterocycles. The van der Waals surface area contributed by atoms with Crippen molar-refractivity contribution in [1.29, 1.82) is 0 Å². The van der Waals surface area contributed by atoms with Gasteiger partial charge in [0.15, 0.2) is 5.78 Å². The molecule has 0 aromatic heterocycles. The van der Waals surface area contributed by atoms with Crippen molar-refractivity contribution in [3.8, 4) is 0 Å². The number of nitrogens with zero attached hydrogens (tertiary/aromatic N) is 1. The van der Waals surface area contributed by atoms with Crippen molar-refractivity contribution < 1.29 is 14.4 Å².